The van der Waals surface area contributed by atoms with Gasteiger partial charge in [-0.2, -0.15) is 0 Å². The molecule has 0 N–H and O–H groups in total. The highest BCUT2D eigenvalue weighted by molar-refractivity contribution is 7.25. The Morgan fingerprint density at radius 1 is 1.20 bits per heavy atom. The van der Waals surface area contributed by atoms with Gasteiger partial charge in [-0.25, -0.2) is 4.98 Å². The van der Waals surface area contributed by atoms with Gasteiger partial charge in [-0.1, -0.05) is 18.2 Å². The second-order valence-corrected chi connectivity index (χ2v) is 5.35. The molecule has 0 fully saturated rings. The van der Waals surface area contributed by atoms with Gasteiger partial charge in [0.05, 0.1) is 16.1 Å². The summed E-state index contributed by atoms with van der Waals surface area (Å²) in [5.74, 6) is 0. The summed E-state index contributed by atoms with van der Waals surface area (Å²) in [6.45, 7) is 2.07. The quantitative estimate of drug-likeness (QED) is 0.607. The minimum atomic E-state index is 1.13. The highest BCUT2D eigenvalue weighted by atomic mass is 32.1. The summed E-state index contributed by atoms with van der Waals surface area (Å²) in [6.07, 6.45) is 0. The van der Waals surface area contributed by atoms with Gasteiger partial charge in [0.1, 0.15) is 0 Å². The minimum Gasteiger partial charge on any atom is -0.249 e. The number of benzene rings is 1. The van der Waals surface area contributed by atoms with Crippen LogP contribution in [-0.2, 0) is 0 Å². The SMILES string of the molecule is Cc1ncsc1-c1cc2ccccc2s1. The number of thiazole rings is 1. The topological polar surface area (TPSA) is 12.9 Å². The number of hydrogen-bond donors (Lipinski definition) is 0. The number of aryl methyl sites for hydroxylation is 1. The normalized spacial score (nSPS) is 11.0. The molecule has 2 aromatic heterocycles. The van der Waals surface area contributed by atoms with Crippen molar-refractivity contribution in [1.29, 1.82) is 0 Å². The van der Waals surface area contributed by atoms with Gasteiger partial charge in [-0.3, -0.25) is 0 Å². The third-order valence-corrected chi connectivity index (χ3v) is 4.62. The highest BCUT2D eigenvalue weighted by Crippen LogP contribution is 2.36. The first-order chi connectivity index (χ1) is 7.34. The summed E-state index contributed by atoms with van der Waals surface area (Å²) in [6, 6.07) is 10.7. The molecule has 74 valence electrons. The van der Waals surface area contributed by atoms with Crippen LogP contribution in [0.1, 0.15) is 5.69 Å². The average molecular weight is 231 g/mol. The number of nitrogens with zero attached hydrogens (tertiary/aromatic N) is 1. The Kier molecular flexibility index (Phi) is 2.08. The van der Waals surface area contributed by atoms with Gasteiger partial charge in [0.2, 0.25) is 0 Å². The van der Waals surface area contributed by atoms with Crippen molar-refractivity contribution in [3.8, 4) is 9.75 Å². The van der Waals surface area contributed by atoms with Crippen LogP contribution in [0.4, 0.5) is 0 Å². The van der Waals surface area contributed by atoms with Crippen LogP contribution in [0.5, 0.6) is 0 Å². The first kappa shape index (κ1) is 9.07. The van der Waals surface area contributed by atoms with Crippen LogP contribution in [-0.4, -0.2) is 4.98 Å². The van der Waals surface area contributed by atoms with Gasteiger partial charge in [0.15, 0.2) is 0 Å². The lowest BCUT2D eigenvalue weighted by Crippen LogP contribution is -1.71. The zero-order valence-corrected chi connectivity index (χ0v) is 9.86. The third kappa shape index (κ3) is 1.48. The molecule has 0 spiro atoms. The fraction of sp³-hybridized carbons (Fsp3) is 0.0833. The van der Waals surface area contributed by atoms with E-state index in [0.717, 1.165) is 5.69 Å². The molecular weight excluding hydrogens is 222 g/mol. The van der Waals surface area contributed by atoms with Gasteiger partial charge >= 0.3 is 0 Å². The van der Waals surface area contributed by atoms with Crippen molar-refractivity contribution in [3.05, 3.63) is 41.5 Å². The molecule has 0 aliphatic rings. The van der Waals surface area contributed by atoms with E-state index in [1.165, 1.54) is 19.8 Å². The smallest absolute Gasteiger partial charge is 0.0801 e. The molecular formula is C12H9NS2. The molecule has 2 heterocycles. The Bertz CT molecular complexity index is 574. The lowest BCUT2D eigenvalue weighted by atomic mass is 10.2. The van der Waals surface area contributed by atoms with Gasteiger partial charge in [-0.05, 0) is 24.4 Å². The van der Waals surface area contributed by atoms with E-state index >= 15 is 0 Å². The van der Waals surface area contributed by atoms with E-state index in [-0.39, 0.29) is 0 Å². The molecule has 0 saturated heterocycles. The van der Waals surface area contributed by atoms with E-state index in [0.29, 0.717) is 0 Å². The number of aromatic nitrogens is 1. The molecule has 0 atom stereocenters. The Morgan fingerprint density at radius 2 is 2.07 bits per heavy atom. The van der Waals surface area contributed by atoms with E-state index in [2.05, 4.69) is 42.2 Å². The second kappa shape index (κ2) is 3.43. The van der Waals surface area contributed by atoms with Crippen molar-refractivity contribution < 1.29 is 0 Å². The van der Waals surface area contributed by atoms with Crippen molar-refractivity contribution >= 4 is 32.8 Å². The molecule has 0 saturated carbocycles. The van der Waals surface area contributed by atoms with Gasteiger partial charge in [-0.15, -0.1) is 22.7 Å². The van der Waals surface area contributed by atoms with Crippen molar-refractivity contribution in [1.82, 2.24) is 4.98 Å². The lowest BCUT2D eigenvalue weighted by Gasteiger charge is -1.90. The summed E-state index contributed by atoms with van der Waals surface area (Å²) >= 11 is 3.56. The summed E-state index contributed by atoms with van der Waals surface area (Å²) in [4.78, 5) is 6.92. The number of fused-ring (bicyclic) bond motifs is 1. The van der Waals surface area contributed by atoms with E-state index in [9.17, 15) is 0 Å². The van der Waals surface area contributed by atoms with Crippen LogP contribution in [0.25, 0.3) is 19.8 Å². The predicted octanol–water partition coefficient (Wildman–Crippen LogP) is 4.33. The molecule has 3 rings (SSSR count). The standard InChI is InChI=1S/C12H9NS2/c1-8-12(14-7-13-8)11-6-9-4-2-3-5-10(9)15-11/h2-7H,1H3. The molecule has 0 bridgehead atoms. The molecule has 0 aliphatic carbocycles. The number of hydrogen-bond acceptors (Lipinski definition) is 3. The Labute approximate surface area is 96.0 Å². The molecule has 15 heavy (non-hydrogen) atoms. The van der Waals surface area contributed by atoms with Gasteiger partial charge in [0, 0.05) is 9.58 Å². The first-order valence-electron chi connectivity index (χ1n) is 4.73. The fourth-order valence-electron chi connectivity index (χ4n) is 1.63. The summed E-state index contributed by atoms with van der Waals surface area (Å²) in [5.41, 5.74) is 3.04. The van der Waals surface area contributed by atoms with Crippen molar-refractivity contribution in [2.24, 2.45) is 0 Å². The summed E-state index contributed by atoms with van der Waals surface area (Å²) in [7, 11) is 0. The molecule has 0 amide bonds. The molecule has 1 aromatic carbocycles. The largest absolute Gasteiger partial charge is 0.249 e. The molecule has 0 aliphatic heterocycles. The second-order valence-electron chi connectivity index (χ2n) is 3.42. The number of rotatable bonds is 1. The zero-order chi connectivity index (χ0) is 10.3. The Morgan fingerprint density at radius 3 is 2.80 bits per heavy atom. The molecule has 0 unspecified atom stereocenters. The van der Waals surface area contributed by atoms with E-state index in [1.54, 1.807) is 11.3 Å². The van der Waals surface area contributed by atoms with E-state index in [1.807, 2.05) is 16.8 Å². The predicted molar refractivity (Wildman–Crippen MR) is 67.7 cm³/mol. The highest BCUT2D eigenvalue weighted by Gasteiger charge is 2.08. The number of thiophene rings is 1. The monoisotopic (exact) mass is 231 g/mol. The third-order valence-electron chi connectivity index (χ3n) is 2.39. The summed E-state index contributed by atoms with van der Waals surface area (Å²) < 4.78 is 1.35. The maximum absolute atomic E-state index is 4.29. The zero-order valence-electron chi connectivity index (χ0n) is 8.23. The molecule has 3 aromatic rings. The van der Waals surface area contributed by atoms with Crippen LogP contribution >= 0.6 is 22.7 Å². The maximum Gasteiger partial charge on any atom is 0.0801 e. The maximum atomic E-state index is 4.29. The summed E-state index contributed by atoms with van der Waals surface area (Å²) in [5, 5.41) is 1.32. The Balaban J connectivity index is 2.24. The first-order valence-corrected chi connectivity index (χ1v) is 6.43. The van der Waals surface area contributed by atoms with Crippen LogP contribution in [0, 0.1) is 6.92 Å². The molecule has 1 nitrogen and oxygen atoms in total. The molecule has 0 radical (unpaired) electrons. The van der Waals surface area contributed by atoms with Crippen LogP contribution in [0.2, 0.25) is 0 Å². The van der Waals surface area contributed by atoms with Crippen LogP contribution in [0.15, 0.2) is 35.8 Å². The lowest BCUT2D eigenvalue weighted by molar-refractivity contribution is 1.27. The molecule has 3 heteroatoms. The van der Waals surface area contributed by atoms with Crippen LogP contribution in [0.3, 0.4) is 0 Å². The average Bonchev–Trinajstić information content (AvgIpc) is 2.82. The van der Waals surface area contributed by atoms with E-state index in [4.69, 9.17) is 0 Å². The van der Waals surface area contributed by atoms with Crippen molar-refractivity contribution in [2.45, 2.75) is 6.92 Å². The minimum absolute atomic E-state index is 1.13. The van der Waals surface area contributed by atoms with Gasteiger partial charge < -0.3 is 0 Å². The fourth-order valence-corrected chi connectivity index (χ4v) is 3.67. The van der Waals surface area contributed by atoms with Crippen molar-refractivity contribution in [3.63, 3.8) is 0 Å². The Hall–Kier alpha value is -1.19. The van der Waals surface area contributed by atoms with E-state index < -0.39 is 0 Å². The van der Waals surface area contributed by atoms with Crippen molar-refractivity contribution in [2.75, 3.05) is 0 Å². The van der Waals surface area contributed by atoms with Crippen LogP contribution < -0.4 is 0 Å². The van der Waals surface area contributed by atoms with Gasteiger partial charge in [0.25, 0.3) is 0 Å².